The molecule has 6 nitrogen and oxygen atoms in total. The van der Waals surface area contributed by atoms with E-state index in [0.29, 0.717) is 19.0 Å². The Hall–Kier alpha value is -2.70. The molecule has 6 heteroatoms. The molecule has 3 heterocycles. The van der Waals surface area contributed by atoms with Gasteiger partial charge < -0.3 is 14.9 Å². The lowest BCUT2D eigenvalue weighted by Crippen LogP contribution is -2.49. The number of aliphatic hydroxyl groups excluding tert-OH is 1. The van der Waals surface area contributed by atoms with E-state index in [-0.39, 0.29) is 17.2 Å². The number of rotatable bonds is 6. The zero-order valence-electron chi connectivity index (χ0n) is 22.0. The molecule has 2 aromatic rings. The maximum atomic E-state index is 13.6. The quantitative estimate of drug-likeness (QED) is 0.659. The van der Waals surface area contributed by atoms with Gasteiger partial charge in [-0.15, -0.1) is 0 Å². The lowest BCUT2D eigenvalue weighted by molar-refractivity contribution is -0.130. The predicted octanol–water partition coefficient (Wildman–Crippen LogP) is 3.39. The van der Waals surface area contributed by atoms with E-state index in [4.69, 9.17) is 0 Å². The molecule has 6 rings (SSSR count). The van der Waals surface area contributed by atoms with Crippen LogP contribution in [0.1, 0.15) is 65.2 Å². The van der Waals surface area contributed by atoms with E-state index < -0.39 is 6.10 Å². The molecule has 0 aromatic heterocycles. The Labute approximate surface area is 220 Å². The summed E-state index contributed by atoms with van der Waals surface area (Å²) >= 11 is 0. The first-order valence-corrected chi connectivity index (χ1v) is 14.1. The largest absolute Gasteiger partial charge is 0.390 e. The zero-order valence-corrected chi connectivity index (χ0v) is 22.0. The van der Waals surface area contributed by atoms with Crippen molar-refractivity contribution in [3.8, 4) is 0 Å². The first-order chi connectivity index (χ1) is 17.9. The number of likely N-dealkylation sites (tertiary alicyclic amines) is 1. The fourth-order valence-corrected chi connectivity index (χ4v) is 6.88. The molecule has 1 saturated carbocycles. The number of carbonyl (C=O) groups is 2. The van der Waals surface area contributed by atoms with Crippen molar-refractivity contribution in [2.24, 2.45) is 5.92 Å². The summed E-state index contributed by atoms with van der Waals surface area (Å²) in [6.45, 7) is 6.84. The topological polar surface area (TPSA) is 64.1 Å². The molecular weight excluding hydrogens is 462 g/mol. The van der Waals surface area contributed by atoms with Gasteiger partial charge in [0.25, 0.3) is 5.91 Å². The molecule has 4 aliphatic rings. The van der Waals surface area contributed by atoms with Crippen molar-refractivity contribution >= 4 is 11.8 Å². The van der Waals surface area contributed by atoms with Crippen LogP contribution in [-0.2, 0) is 29.6 Å². The molecule has 2 aromatic carbocycles. The fourth-order valence-electron chi connectivity index (χ4n) is 6.88. The van der Waals surface area contributed by atoms with Gasteiger partial charge in [-0.2, -0.15) is 0 Å². The van der Waals surface area contributed by atoms with Crippen molar-refractivity contribution in [1.82, 2.24) is 14.7 Å². The maximum absolute atomic E-state index is 13.6. The molecule has 0 bridgehead atoms. The van der Waals surface area contributed by atoms with Crippen LogP contribution in [0.4, 0.5) is 0 Å². The summed E-state index contributed by atoms with van der Waals surface area (Å²) in [4.78, 5) is 31.5. The summed E-state index contributed by atoms with van der Waals surface area (Å²) in [6.07, 6.45) is 5.69. The van der Waals surface area contributed by atoms with Crippen molar-refractivity contribution in [2.75, 3.05) is 39.3 Å². The third kappa shape index (κ3) is 5.06. The van der Waals surface area contributed by atoms with E-state index in [1.807, 2.05) is 9.80 Å². The SMILES string of the molecule is CC(=O)N1CCC(Cc2ccc3c(c2)C(=O)N(C[C@@H](O)CN2CCc4ccccc4C2)CC32CC2)CC1. The highest BCUT2D eigenvalue weighted by Gasteiger charge is 2.51. The number of aliphatic hydroxyl groups is 1. The molecule has 1 saturated heterocycles. The average molecular weight is 502 g/mol. The number of hydrogen-bond donors (Lipinski definition) is 1. The normalized spacial score (nSPS) is 22.1. The number of amides is 2. The molecule has 196 valence electrons. The van der Waals surface area contributed by atoms with Gasteiger partial charge >= 0.3 is 0 Å². The second-order valence-electron chi connectivity index (χ2n) is 11.9. The second kappa shape index (κ2) is 9.88. The van der Waals surface area contributed by atoms with E-state index in [1.165, 1.54) is 22.3 Å². The van der Waals surface area contributed by atoms with Gasteiger partial charge in [0.15, 0.2) is 0 Å². The third-order valence-electron chi connectivity index (χ3n) is 9.21. The summed E-state index contributed by atoms with van der Waals surface area (Å²) in [5.41, 5.74) is 6.12. The number of β-amino-alcohol motifs (C(OH)–C–C–N with tert-alkyl or cyclic N) is 1. The highest BCUT2D eigenvalue weighted by molar-refractivity contribution is 5.98. The van der Waals surface area contributed by atoms with Crippen LogP contribution >= 0.6 is 0 Å². The average Bonchev–Trinajstić information content (AvgIpc) is 3.67. The van der Waals surface area contributed by atoms with Gasteiger partial charge in [0.1, 0.15) is 0 Å². The van der Waals surface area contributed by atoms with Crippen LogP contribution < -0.4 is 0 Å². The first kappa shape index (κ1) is 24.6. The van der Waals surface area contributed by atoms with Gasteiger partial charge in [-0.3, -0.25) is 14.5 Å². The molecule has 37 heavy (non-hydrogen) atoms. The molecule has 1 atom stereocenters. The van der Waals surface area contributed by atoms with Crippen molar-refractivity contribution in [2.45, 2.75) is 63.5 Å². The minimum atomic E-state index is -0.554. The molecule has 2 fully saturated rings. The van der Waals surface area contributed by atoms with Gasteiger partial charge in [-0.05, 0) is 72.8 Å². The van der Waals surface area contributed by atoms with Crippen LogP contribution in [-0.4, -0.2) is 77.0 Å². The van der Waals surface area contributed by atoms with Crippen molar-refractivity contribution in [1.29, 1.82) is 0 Å². The van der Waals surface area contributed by atoms with Gasteiger partial charge in [-0.25, -0.2) is 0 Å². The summed E-state index contributed by atoms with van der Waals surface area (Å²) in [5.74, 6) is 0.790. The van der Waals surface area contributed by atoms with Crippen LogP contribution in [0.15, 0.2) is 42.5 Å². The van der Waals surface area contributed by atoms with E-state index in [0.717, 1.165) is 76.8 Å². The molecule has 0 radical (unpaired) electrons. The third-order valence-corrected chi connectivity index (χ3v) is 9.21. The standard InChI is InChI=1S/C31H39N3O3/c1-22(35)33-14-8-23(9-15-33)16-24-6-7-29-28(17-24)30(37)34(21-31(29)11-12-31)20-27(36)19-32-13-10-25-4-2-3-5-26(25)18-32/h2-7,17,23,27,36H,8-16,18-21H2,1H3/t27-/m0/s1. The van der Waals surface area contributed by atoms with Crippen LogP contribution in [0.2, 0.25) is 0 Å². The van der Waals surface area contributed by atoms with Crippen molar-refractivity contribution < 1.29 is 14.7 Å². The Morgan fingerprint density at radius 1 is 1.05 bits per heavy atom. The molecule has 3 aliphatic heterocycles. The van der Waals surface area contributed by atoms with E-state index in [1.54, 1.807) is 6.92 Å². The predicted molar refractivity (Wildman–Crippen MR) is 143 cm³/mol. The Morgan fingerprint density at radius 2 is 1.81 bits per heavy atom. The Bertz CT molecular complexity index is 1180. The summed E-state index contributed by atoms with van der Waals surface area (Å²) in [5, 5.41) is 11.0. The summed E-state index contributed by atoms with van der Waals surface area (Å²) in [7, 11) is 0. The molecule has 2 amide bonds. The van der Waals surface area contributed by atoms with Gasteiger partial charge in [0.05, 0.1) is 6.10 Å². The molecule has 0 unspecified atom stereocenters. The van der Waals surface area contributed by atoms with Crippen LogP contribution in [0.5, 0.6) is 0 Å². The summed E-state index contributed by atoms with van der Waals surface area (Å²) in [6, 6.07) is 15.1. The summed E-state index contributed by atoms with van der Waals surface area (Å²) < 4.78 is 0. The first-order valence-electron chi connectivity index (χ1n) is 14.1. The van der Waals surface area contributed by atoms with Crippen molar-refractivity contribution in [3.05, 3.63) is 70.3 Å². The fraction of sp³-hybridized carbons (Fsp3) is 0.548. The minimum absolute atomic E-state index is 0.0730. The lowest BCUT2D eigenvalue weighted by atomic mass is 9.83. The van der Waals surface area contributed by atoms with E-state index >= 15 is 0 Å². The van der Waals surface area contributed by atoms with Crippen LogP contribution in [0, 0.1) is 5.92 Å². The highest BCUT2D eigenvalue weighted by atomic mass is 16.3. The number of carbonyl (C=O) groups excluding carboxylic acids is 2. The highest BCUT2D eigenvalue weighted by Crippen LogP contribution is 2.52. The van der Waals surface area contributed by atoms with E-state index in [9.17, 15) is 14.7 Å². The minimum Gasteiger partial charge on any atom is -0.390 e. The maximum Gasteiger partial charge on any atom is 0.254 e. The number of hydrogen-bond acceptors (Lipinski definition) is 4. The number of benzene rings is 2. The monoisotopic (exact) mass is 501 g/mol. The van der Waals surface area contributed by atoms with Crippen LogP contribution in [0.25, 0.3) is 0 Å². The molecule has 1 aliphatic carbocycles. The number of nitrogens with zero attached hydrogens (tertiary/aromatic N) is 3. The molecule has 1 spiro atoms. The van der Waals surface area contributed by atoms with E-state index in [2.05, 4.69) is 47.4 Å². The molecule has 1 N–H and O–H groups in total. The molecular formula is C31H39N3O3. The Balaban J connectivity index is 1.11. The zero-order chi connectivity index (χ0) is 25.6. The van der Waals surface area contributed by atoms with Gasteiger partial charge in [0.2, 0.25) is 5.91 Å². The van der Waals surface area contributed by atoms with Crippen LogP contribution in [0.3, 0.4) is 0 Å². The Morgan fingerprint density at radius 3 is 2.54 bits per heavy atom. The van der Waals surface area contributed by atoms with Gasteiger partial charge in [0, 0.05) is 63.7 Å². The Kier molecular flexibility index (Phi) is 6.58. The van der Waals surface area contributed by atoms with Crippen molar-refractivity contribution in [3.63, 3.8) is 0 Å². The second-order valence-corrected chi connectivity index (χ2v) is 11.9. The smallest absolute Gasteiger partial charge is 0.254 e. The number of fused-ring (bicyclic) bond motifs is 3. The lowest BCUT2D eigenvalue weighted by Gasteiger charge is -2.37. The number of piperidine rings is 1. The van der Waals surface area contributed by atoms with Gasteiger partial charge in [-0.1, -0.05) is 36.4 Å².